The van der Waals surface area contributed by atoms with Crippen LogP contribution in [0.3, 0.4) is 0 Å². The van der Waals surface area contributed by atoms with Crippen LogP contribution in [0.4, 0.5) is 5.82 Å². The molecule has 6 N–H and O–H groups in total. The lowest BCUT2D eigenvalue weighted by molar-refractivity contribution is -0.0421. The van der Waals surface area contributed by atoms with Crippen LogP contribution in [0.5, 0.6) is 0 Å². The molecule has 1 unspecified atom stereocenters. The molecule has 3 rings (SSSR count). The number of phosphoric ester groups is 1. The minimum atomic E-state index is -5.22. The first-order valence-corrected chi connectivity index (χ1v) is 10.2. The summed E-state index contributed by atoms with van der Waals surface area (Å²) in [6.07, 6.45) is 0.290. The van der Waals surface area contributed by atoms with Crippen molar-refractivity contribution in [1.82, 2.24) is 14.5 Å². The highest BCUT2D eigenvalue weighted by atomic mass is 31.3. The molecule has 13 nitrogen and oxygen atoms in total. The summed E-state index contributed by atoms with van der Waals surface area (Å²) in [6, 6.07) is 1.68. The number of fused-ring (bicyclic) bond motifs is 1. The number of nitrogens with two attached hydrogens (primary N) is 1. The van der Waals surface area contributed by atoms with Crippen LogP contribution in [0.2, 0.25) is 0 Å². The zero-order valence-corrected chi connectivity index (χ0v) is 14.8. The largest absolute Gasteiger partial charge is 0.481 e. The third-order valence-electron chi connectivity index (χ3n) is 3.67. The number of nitrogen functional groups attached to an aromatic ring is 1. The summed E-state index contributed by atoms with van der Waals surface area (Å²) in [7, 11) is -10.2. The summed E-state index contributed by atoms with van der Waals surface area (Å²) in [5.74, 6) is 0.281. The molecule has 0 aliphatic carbocycles. The molecule has 144 valence electrons. The molecule has 0 saturated carbocycles. The molecule has 3 heterocycles. The predicted molar refractivity (Wildman–Crippen MR) is 85.4 cm³/mol. The number of aromatic nitrogens is 3. The minimum absolute atomic E-state index is 0.122. The van der Waals surface area contributed by atoms with Crippen molar-refractivity contribution >= 4 is 32.5 Å². The van der Waals surface area contributed by atoms with E-state index in [9.17, 15) is 19.1 Å². The lowest BCUT2D eigenvalue weighted by Gasteiger charge is -2.18. The Bertz CT molecular complexity index is 899. The summed E-state index contributed by atoms with van der Waals surface area (Å²) in [5, 5.41) is 10.7. The van der Waals surface area contributed by atoms with Gasteiger partial charge in [-0.05, 0) is 6.07 Å². The van der Waals surface area contributed by atoms with Crippen LogP contribution in [0.15, 0.2) is 18.6 Å². The van der Waals surface area contributed by atoms with E-state index in [0.29, 0.717) is 11.0 Å². The van der Waals surface area contributed by atoms with Crippen LogP contribution < -0.4 is 5.73 Å². The molecule has 0 amide bonds. The first-order valence-electron chi connectivity index (χ1n) is 7.20. The Morgan fingerprint density at radius 3 is 2.77 bits per heavy atom. The monoisotopic (exact) mass is 410 g/mol. The van der Waals surface area contributed by atoms with Crippen molar-refractivity contribution in [1.29, 1.82) is 0 Å². The molecule has 15 heteroatoms. The van der Waals surface area contributed by atoms with Crippen molar-refractivity contribution < 1.29 is 42.5 Å². The van der Waals surface area contributed by atoms with Gasteiger partial charge in [-0.15, -0.1) is 0 Å². The van der Waals surface area contributed by atoms with Crippen LogP contribution in [-0.4, -0.2) is 53.1 Å². The van der Waals surface area contributed by atoms with Crippen LogP contribution in [0.25, 0.3) is 11.0 Å². The third-order valence-corrected chi connectivity index (χ3v) is 5.82. The second kappa shape index (κ2) is 6.97. The number of hydrogen-bond donors (Lipinski definition) is 5. The fourth-order valence-electron chi connectivity index (χ4n) is 2.58. The van der Waals surface area contributed by atoms with Crippen LogP contribution in [-0.2, 0) is 22.7 Å². The maximum atomic E-state index is 11.5. The number of phosphoric acid groups is 2. The number of anilines is 1. The van der Waals surface area contributed by atoms with Crippen LogP contribution in [0, 0.1) is 0 Å². The molecule has 1 saturated heterocycles. The van der Waals surface area contributed by atoms with Gasteiger partial charge in [-0.1, -0.05) is 0 Å². The van der Waals surface area contributed by atoms with Crippen molar-refractivity contribution in [3.63, 3.8) is 0 Å². The molecule has 0 aromatic carbocycles. The van der Waals surface area contributed by atoms with Gasteiger partial charge in [-0.2, -0.15) is 4.31 Å². The van der Waals surface area contributed by atoms with Gasteiger partial charge in [0.25, 0.3) is 0 Å². The Morgan fingerprint density at radius 2 is 2.08 bits per heavy atom. The molecule has 1 aliphatic heterocycles. The van der Waals surface area contributed by atoms with E-state index < -0.39 is 40.7 Å². The van der Waals surface area contributed by atoms with Gasteiger partial charge in [0.15, 0.2) is 0 Å². The van der Waals surface area contributed by atoms with Gasteiger partial charge < -0.3 is 34.8 Å². The quantitative estimate of drug-likeness (QED) is 0.396. The number of rotatable bonds is 6. The highest BCUT2D eigenvalue weighted by molar-refractivity contribution is 7.60. The van der Waals surface area contributed by atoms with E-state index in [2.05, 4.69) is 18.8 Å². The molecular formula is C11H16N4O9P2. The average Bonchev–Trinajstić information content (AvgIpc) is 3.07. The van der Waals surface area contributed by atoms with Gasteiger partial charge >= 0.3 is 15.6 Å². The van der Waals surface area contributed by atoms with E-state index in [1.165, 1.54) is 6.33 Å². The minimum Gasteiger partial charge on any atom is -0.390 e. The van der Waals surface area contributed by atoms with Gasteiger partial charge in [-0.3, -0.25) is 4.52 Å². The number of nitrogens with zero attached hydrogens (tertiary/aromatic N) is 3. The number of aliphatic hydroxyl groups excluding tert-OH is 1. The molecule has 2 aromatic rings. The fourth-order valence-corrected chi connectivity index (χ4v) is 4.18. The summed E-state index contributed by atoms with van der Waals surface area (Å²) in [4.78, 5) is 34.4. The highest BCUT2D eigenvalue weighted by Gasteiger charge is 2.39. The van der Waals surface area contributed by atoms with Crippen molar-refractivity contribution in [2.24, 2.45) is 0 Å². The number of aliphatic hydroxyl groups is 1. The molecule has 1 aliphatic rings. The van der Waals surface area contributed by atoms with Crippen LogP contribution >= 0.6 is 15.6 Å². The topological polar surface area (TPSA) is 199 Å². The molecule has 1 fully saturated rings. The second-order valence-electron chi connectivity index (χ2n) is 5.49. The molecule has 0 radical (unpaired) electrons. The Morgan fingerprint density at radius 1 is 1.35 bits per heavy atom. The predicted octanol–water partition coefficient (Wildman–Crippen LogP) is -0.112. The van der Waals surface area contributed by atoms with E-state index in [1.807, 2.05) is 0 Å². The molecular weight excluding hydrogens is 394 g/mol. The van der Waals surface area contributed by atoms with E-state index in [0.717, 1.165) is 0 Å². The smallest absolute Gasteiger partial charge is 0.390 e. The maximum absolute atomic E-state index is 11.5. The van der Waals surface area contributed by atoms with E-state index in [-0.39, 0.29) is 12.2 Å². The average molecular weight is 410 g/mol. The molecule has 4 atom stereocenters. The van der Waals surface area contributed by atoms with Crippen molar-refractivity contribution in [2.45, 2.75) is 24.9 Å². The molecule has 2 aromatic heterocycles. The fraction of sp³-hybridized carbons (Fsp3) is 0.455. The Balaban J connectivity index is 1.69. The van der Waals surface area contributed by atoms with Gasteiger partial charge in [-0.25, -0.2) is 19.1 Å². The van der Waals surface area contributed by atoms with Crippen molar-refractivity contribution in [2.75, 3.05) is 12.3 Å². The van der Waals surface area contributed by atoms with E-state index in [1.54, 1.807) is 16.8 Å². The number of ether oxygens (including phenoxy) is 1. The normalized spacial score (nSPS) is 26.2. The molecule has 26 heavy (non-hydrogen) atoms. The van der Waals surface area contributed by atoms with Crippen molar-refractivity contribution in [3.8, 4) is 0 Å². The standard InChI is InChI=1S/C11H16N4O9P2/c12-10-6-1-2-15(11(6)14-5-13-10)9-3-7(16)8(23-9)4-22-26(20,21)24-25(17,18)19/h1-2,5,7-9,16H,3-4H2,(H,20,21)(H2,12,13,14)(H2,17,18,19)/t7-,8-,9-/m1/s1. The Labute approximate surface area is 146 Å². The molecule has 0 bridgehead atoms. The summed E-state index contributed by atoms with van der Waals surface area (Å²) in [6.45, 7) is -0.623. The Hall–Kier alpha value is -1.40. The maximum Gasteiger partial charge on any atom is 0.481 e. The molecule has 0 spiro atoms. The highest BCUT2D eigenvalue weighted by Crippen LogP contribution is 2.57. The first-order chi connectivity index (χ1) is 12.1. The van der Waals surface area contributed by atoms with Gasteiger partial charge in [0.1, 0.15) is 30.1 Å². The van der Waals surface area contributed by atoms with Crippen molar-refractivity contribution in [3.05, 3.63) is 18.6 Å². The Kier molecular flexibility index (Phi) is 5.19. The van der Waals surface area contributed by atoms with Gasteiger partial charge in [0.05, 0.1) is 18.1 Å². The lowest BCUT2D eigenvalue weighted by atomic mass is 10.2. The van der Waals surface area contributed by atoms with Gasteiger partial charge in [0, 0.05) is 12.6 Å². The van der Waals surface area contributed by atoms with E-state index >= 15 is 0 Å². The summed E-state index contributed by atoms with van der Waals surface area (Å²) >= 11 is 0. The van der Waals surface area contributed by atoms with Gasteiger partial charge in [0.2, 0.25) is 0 Å². The summed E-state index contributed by atoms with van der Waals surface area (Å²) < 4.78 is 37.5. The number of hydrogen-bond acceptors (Lipinski definition) is 9. The summed E-state index contributed by atoms with van der Waals surface area (Å²) in [5.41, 5.74) is 6.24. The van der Waals surface area contributed by atoms with E-state index in [4.69, 9.17) is 20.3 Å². The zero-order chi connectivity index (χ0) is 19.1. The second-order valence-corrected chi connectivity index (χ2v) is 8.32. The SMILES string of the molecule is Nc1ncnc2c1ccn2[C@H]1C[C@@H](O)[C@@H](COP(=O)(O)OP(=O)(O)O)O1. The lowest BCUT2D eigenvalue weighted by Crippen LogP contribution is -2.26. The third kappa shape index (κ3) is 4.29. The zero-order valence-electron chi connectivity index (χ0n) is 13.0. The van der Waals surface area contributed by atoms with Crippen LogP contribution in [0.1, 0.15) is 12.6 Å². The first kappa shape index (κ1) is 19.4.